The summed E-state index contributed by atoms with van der Waals surface area (Å²) in [4.78, 5) is 11.5. The Kier molecular flexibility index (Phi) is 3.74. The van der Waals surface area contributed by atoms with Crippen molar-refractivity contribution in [2.24, 2.45) is 0 Å². The third-order valence-corrected chi connectivity index (χ3v) is 2.62. The summed E-state index contributed by atoms with van der Waals surface area (Å²) >= 11 is 0. The zero-order valence-corrected chi connectivity index (χ0v) is 9.98. The van der Waals surface area contributed by atoms with Gasteiger partial charge in [0.1, 0.15) is 0 Å². The van der Waals surface area contributed by atoms with Gasteiger partial charge in [0.25, 0.3) is 0 Å². The molecule has 0 fully saturated rings. The number of ketones is 1. The van der Waals surface area contributed by atoms with E-state index >= 15 is 0 Å². The van der Waals surface area contributed by atoms with Crippen molar-refractivity contribution in [1.29, 1.82) is 0 Å². The van der Waals surface area contributed by atoms with Crippen molar-refractivity contribution >= 4 is 42.2 Å². The zero-order chi connectivity index (χ0) is 9.54. The first-order valence-corrected chi connectivity index (χ1v) is 4.60. The van der Waals surface area contributed by atoms with Crippen LogP contribution in [-0.2, 0) is 4.79 Å². The molecule has 82 valence electrons. The fourth-order valence-electron chi connectivity index (χ4n) is 1.95. The first kappa shape index (κ1) is 12.8. The molecule has 0 amide bonds. The van der Waals surface area contributed by atoms with Gasteiger partial charge in [-0.15, -0.1) is 24.8 Å². The highest BCUT2D eigenvalue weighted by Crippen LogP contribution is 2.37. The van der Waals surface area contributed by atoms with Crippen LogP contribution in [0.15, 0.2) is 48.1 Å². The van der Waals surface area contributed by atoms with Crippen LogP contribution >= 0.6 is 24.8 Å². The van der Waals surface area contributed by atoms with Gasteiger partial charge in [0.05, 0.1) is 0 Å². The predicted octanol–water partition coefficient (Wildman–Crippen LogP) is 3.45. The molecule has 0 bridgehead atoms. The van der Waals surface area contributed by atoms with Gasteiger partial charge in [0, 0.05) is 5.57 Å². The molecule has 0 aliphatic heterocycles. The predicted molar refractivity (Wildman–Crippen MR) is 71.0 cm³/mol. The lowest BCUT2D eigenvalue weighted by Crippen LogP contribution is -2.00. The monoisotopic (exact) mass is 252 g/mol. The second kappa shape index (κ2) is 4.69. The Balaban J connectivity index is 0.000000640. The number of benzene rings is 1. The van der Waals surface area contributed by atoms with Crippen LogP contribution in [0.25, 0.3) is 11.6 Å². The van der Waals surface area contributed by atoms with E-state index in [0.717, 1.165) is 16.7 Å². The highest BCUT2D eigenvalue weighted by atomic mass is 35.5. The minimum Gasteiger partial charge on any atom is -0.289 e. The third kappa shape index (κ3) is 1.73. The molecule has 16 heavy (non-hydrogen) atoms. The third-order valence-electron chi connectivity index (χ3n) is 2.62. The number of hydrogen-bond donors (Lipinski definition) is 0. The molecule has 2 aliphatic rings. The van der Waals surface area contributed by atoms with Gasteiger partial charge in [-0.1, -0.05) is 36.4 Å². The summed E-state index contributed by atoms with van der Waals surface area (Å²) in [6.45, 7) is 0. The topological polar surface area (TPSA) is 17.1 Å². The fraction of sp³-hybridized carbons (Fsp3) is 0. The first-order valence-electron chi connectivity index (χ1n) is 4.60. The van der Waals surface area contributed by atoms with E-state index < -0.39 is 0 Å². The van der Waals surface area contributed by atoms with Crippen LogP contribution in [0.2, 0.25) is 0 Å². The van der Waals surface area contributed by atoms with Crippen LogP contribution < -0.4 is 0 Å². The lowest BCUT2D eigenvalue weighted by atomic mass is 9.96. The van der Waals surface area contributed by atoms with Crippen molar-refractivity contribution < 1.29 is 4.79 Å². The molecule has 3 heteroatoms. The number of rotatable bonds is 0. The lowest BCUT2D eigenvalue weighted by Gasteiger charge is -2.06. The summed E-state index contributed by atoms with van der Waals surface area (Å²) in [6, 6.07) is 8.08. The van der Waals surface area contributed by atoms with Crippen molar-refractivity contribution in [3.63, 3.8) is 0 Å². The van der Waals surface area contributed by atoms with E-state index in [4.69, 9.17) is 0 Å². The average molecular weight is 253 g/mol. The highest BCUT2D eigenvalue weighted by Gasteiger charge is 2.23. The van der Waals surface area contributed by atoms with E-state index in [9.17, 15) is 4.79 Å². The number of fused-ring (bicyclic) bond motifs is 3. The van der Waals surface area contributed by atoms with Crippen molar-refractivity contribution in [2.75, 3.05) is 0 Å². The molecule has 0 spiro atoms. The van der Waals surface area contributed by atoms with Gasteiger partial charge in [-0.3, -0.25) is 4.79 Å². The van der Waals surface area contributed by atoms with Gasteiger partial charge in [-0.25, -0.2) is 0 Å². The molecule has 3 rings (SSSR count). The van der Waals surface area contributed by atoms with Crippen LogP contribution in [0.5, 0.6) is 0 Å². The van der Waals surface area contributed by atoms with E-state index in [0.29, 0.717) is 0 Å². The molecule has 0 aromatic heterocycles. The van der Waals surface area contributed by atoms with E-state index in [1.54, 1.807) is 6.08 Å². The van der Waals surface area contributed by atoms with E-state index in [1.165, 1.54) is 5.56 Å². The molecular formula is C13H10Cl2O. The standard InChI is InChI=1S/C13H8O.2ClH/c14-13-7-3-6-11-10-5-2-1-4-9(10)8-12(11)13;;/h1-8H;2*1H. The summed E-state index contributed by atoms with van der Waals surface area (Å²) in [5.74, 6) is 0.110. The fourth-order valence-corrected chi connectivity index (χ4v) is 1.95. The maximum atomic E-state index is 11.5. The Morgan fingerprint density at radius 1 is 0.938 bits per heavy atom. The van der Waals surface area contributed by atoms with Gasteiger partial charge in [0.2, 0.25) is 0 Å². The zero-order valence-electron chi connectivity index (χ0n) is 8.34. The normalized spacial score (nSPS) is 15.1. The molecule has 0 N–H and O–H groups in total. The van der Waals surface area contributed by atoms with E-state index in [2.05, 4.69) is 6.07 Å². The molecule has 0 heterocycles. The average Bonchev–Trinajstić information content (AvgIpc) is 2.59. The Labute approximate surface area is 106 Å². The molecule has 0 saturated carbocycles. The quantitative estimate of drug-likeness (QED) is 0.692. The summed E-state index contributed by atoms with van der Waals surface area (Å²) in [7, 11) is 0. The first-order chi connectivity index (χ1) is 6.86. The highest BCUT2D eigenvalue weighted by molar-refractivity contribution is 6.23. The van der Waals surface area contributed by atoms with Crippen LogP contribution in [0, 0.1) is 0 Å². The van der Waals surface area contributed by atoms with Crippen molar-refractivity contribution in [2.45, 2.75) is 0 Å². The van der Waals surface area contributed by atoms with Crippen molar-refractivity contribution in [3.8, 4) is 0 Å². The van der Waals surface area contributed by atoms with Gasteiger partial charge in [-0.2, -0.15) is 0 Å². The number of halogens is 2. The van der Waals surface area contributed by atoms with E-state index in [1.807, 2.05) is 36.4 Å². The molecule has 0 unspecified atom stereocenters. The summed E-state index contributed by atoms with van der Waals surface area (Å²) in [5.41, 5.74) is 4.20. The molecule has 0 atom stereocenters. The molecule has 0 radical (unpaired) electrons. The number of allylic oxidation sites excluding steroid dienone is 5. The second-order valence-electron chi connectivity index (χ2n) is 3.45. The second-order valence-corrected chi connectivity index (χ2v) is 3.45. The molecule has 1 aromatic carbocycles. The van der Waals surface area contributed by atoms with Gasteiger partial charge < -0.3 is 0 Å². The number of carbonyl (C=O) groups excluding carboxylic acids is 1. The van der Waals surface area contributed by atoms with Crippen molar-refractivity contribution in [1.82, 2.24) is 0 Å². The minimum absolute atomic E-state index is 0. The number of hydrogen-bond acceptors (Lipinski definition) is 1. The molecule has 2 aliphatic carbocycles. The summed E-state index contributed by atoms with van der Waals surface area (Å²) in [6.07, 6.45) is 7.39. The smallest absolute Gasteiger partial charge is 0.186 e. The molecule has 0 saturated heterocycles. The van der Waals surface area contributed by atoms with E-state index in [-0.39, 0.29) is 30.6 Å². The Morgan fingerprint density at radius 3 is 2.50 bits per heavy atom. The Hall–Kier alpha value is -1.31. The summed E-state index contributed by atoms with van der Waals surface area (Å²) in [5, 5.41) is 0. The van der Waals surface area contributed by atoms with Gasteiger partial charge >= 0.3 is 0 Å². The molecular weight excluding hydrogens is 243 g/mol. The van der Waals surface area contributed by atoms with Crippen LogP contribution in [-0.4, -0.2) is 5.78 Å². The largest absolute Gasteiger partial charge is 0.289 e. The van der Waals surface area contributed by atoms with Gasteiger partial charge in [0.15, 0.2) is 5.78 Å². The minimum atomic E-state index is 0. The molecule has 1 nitrogen and oxygen atoms in total. The Bertz CT molecular complexity index is 524. The maximum Gasteiger partial charge on any atom is 0.186 e. The van der Waals surface area contributed by atoms with Crippen molar-refractivity contribution in [3.05, 3.63) is 59.2 Å². The summed E-state index contributed by atoms with van der Waals surface area (Å²) < 4.78 is 0. The van der Waals surface area contributed by atoms with Crippen LogP contribution in [0.3, 0.4) is 0 Å². The van der Waals surface area contributed by atoms with Crippen LogP contribution in [0.1, 0.15) is 11.1 Å². The SMILES string of the molecule is Cl.Cl.O=C1C=CC=C2C1=Cc1ccccc12. The number of carbonyl (C=O) groups is 1. The Morgan fingerprint density at radius 2 is 1.69 bits per heavy atom. The van der Waals surface area contributed by atoms with Gasteiger partial charge in [-0.05, 0) is 28.9 Å². The maximum absolute atomic E-state index is 11.5. The van der Waals surface area contributed by atoms with Crippen LogP contribution in [0.4, 0.5) is 0 Å². The lowest BCUT2D eigenvalue weighted by molar-refractivity contribution is -0.110. The molecule has 1 aromatic rings.